The van der Waals surface area contributed by atoms with E-state index in [2.05, 4.69) is 4.74 Å². The number of hydrogen-bond acceptors (Lipinski definition) is 4. The lowest BCUT2D eigenvalue weighted by atomic mass is 10.2. The van der Waals surface area contributed by atoms with Gasteiger partial charge in [0.25, 0.3) is 5.69 Å². The van der Waals surface area contributed by atoms with Crippen molar-refractivity contribution in [1.29, 1.82) is 0 Å². The van der Waals surface area contributed by atoms with Crippen LogP contribution in [0.15, 0.2) is 18.2 Å². The number of nitrogens with zero attached hydrogens (tertiary/aromatic N) is 1. The number of carbonyl (C=O) groups excluding carboxylic acids is 1. The lowest BCUT2D eigenvalue weighted by molar-refractivity contribution is -0.385. The second-order valence-corrected chi connectivity index (χ2v) is 2.51. The van der Waals surface area contributed by atoms with Gasteiger partial charge in [-0.1, -0.05) is 0 Å². The number of nitro benzene ring substituents is 1. The van der Waals surface area contributed by atoms with Gasteiger partial charge in [-0.15, -0.1) is 0 Å². The first kappa shape index (κ1) is 11.0. The molecule has 0 aromatic heterocycles. The standard InChI is InChI=1S/C8H5F2NO4/c9-8(10)15-7-2-5(4-12)1-6(3-7)11(13)14/h1-4,8H. The number of ether oxygens (including phenoxy) is 1. The fourth-order valence-corrected chi connectivity index (χ4v) is 0.950. The number of carbonyl (C=O) groups is 1. The number of nitro groups is 1. The Hall–Kier alpha value is -2.05. The Labute approximate surface area is 82.4 Å². The molecule has 0 unspecified atom stereocenters. The van der Waals surface area contributed by atoms with Crippen molar-refractivity contribution < 1.29 is 23.2 Å². The van der Waals surface area contributed by atoms with Gasteiger partial charge in [-0.25, -0.2) is 0 Å². The van der Waals surface area contributed by atoms with Crippen LogP contribution < -0.4 is 4.74 Å². The normalized spacial score (nSPS) is 10.1. The molecule has 1 rings (SSSR count). The Morgan fingerprint density at radius 1 is 1.40 bits per heavy atom. The van der Waals surface area contributed by atoms with Gasteiger partial charge in [0, 0.05) is 11.6 Å². The third-order valence-corrected chi connectivity index (χ3v) is 1.49. The number of rotatable bonds is 4. The summed E-state index contributed by atoms with van der Waals surface area (Å²) in [5, 5.41) is 10.4. The van der Waals surface area contributed by atoms with Gasteiger partial charge in [0.1, 0.15) is 12.0 Å². The van der Waals surface area contributed by atoms with Gasteiger partial charge in [0.15, 0.2) is 0 Å². The van der Waals surface area contributed by atoms with Crippen LogP contribution in [0, 0.1) is 10.1 Å². The molecule has 0 aliphatic carbocycles. The zero-order valence-electron chi connectivity index (χ0n) is 7.22. The summed E-state index contributed by atoms with van der Waals surface area (Å²) >= 11 is 0. The molecular weight excluding hydrogens is 212 g/mol. The van der Waals surface area contributed by atoms with Crippen molar-refractivity contribution in [3.05, 3.63) is 33.9 Å². The third-order valence-electron chi connectivity index (χ3n) is 1.49. The lowest BCUT2D eigenvalue weighted by Gasteiger charge is -2.04. The van der Waals surface area contributed by atoms with Crippen molar-refractivity contribution in [3.8, 4) is 5.75 Å². The zero-order valence-corrected chi connectivity index (χ0v) is 7.22. The van der Waals surface area contributed by atoms with Gasteiger partial charge in [-0.05, 0) is 6.07 Å². The summed E-state index contributed by atoms with van der Waals surface area (Å²) in [6.45, 7) is -3.09. The van der Waals surface area contributed by atoms with Crippen molar-refractivity contribution in [2.24, 2.45) is 0 Å². The fourth-order valence-electron chi connectivity index (χ4n) is 0.950. The maximum Gasteiger partial charge on any atom is 0.387 e. The Morgan fingerprint density at radius 2 is 2.07 bits per heavy atom. The van der Waals surface area contributed by atoms with Crippen LogP contribution in [0.5, 0.6) is 5.75 Å². The molecule has 0 saturated heterocycles. The minimum absolute atomic E-state index is 0.0974. The number of alkyl halides is 2. The van der Waals surface area contributed by atoms with E-state index < -0.39 is 23.0 Å². The Bertz CT molecular complexity index is 394. The molecule has 0 fully saturated rings. The first-order valence-electron chi connectivity index (χ1n) is 3.72. The van der Waals surface area contributed by atoms with Crippen LogP contribution in [0.3, 0.4) is 0 Å². The first-order chi connectivity index (χ1) is 7.02. The highest BCUT2D eigenvalue weighted by molar-refractivity contribution is 5.77. The molecular formula is C8H5F2NO4. The second-order valence-electron chi connectivity index (χ2n) is 2.51. The molecule has 0 saturated carbocycles. The summed E-state index contributed by atoms with van der Waals surface area (Å²) in [5.41, 5.74) is -0.574. The summed E-state index contributed by atoms with van der Waals surface area (Å²) < 4.78 is 27.6. The highest BCUT2D eigenvalue weighted by Gasteiger charge is 2.12. The van der Waals surface area contributed by atoms with Crippen molar-refractivity contribution in [1.82, 2.24) is 0 Å². The smallest absolute Gasteiger partial charge is 0.387 e. The molecule has 0 aliphatic heterocycles. The molecule has 1 aromatic rings. The second kappa shape index (κ2) is 4.45. The summed E-state index contributed by atoms with van der Waals surface area (Å²) in [5.74, 6) is -0.415. The molecule has 1 aromatic carbocycles. The predicted octanol–water partition coefficient (Wildman–Crippen LogP) is 2.01. The molecule has 0 bridgehead atoms. The maximum absolute atomic E-state index is 11.8. The maximum atomic E-state index is 11.8. The van der Waals surface area contributed by atoms with E-state index >= 15 is 0 Å². The molecule has 7 heteroatoms. The summed E-state index contributed by atoms with van der Waals surface area (Å²) in [6, 6.07) is 2.77. The Kier molecular flexibility index (Phi) is 3.27. The molecule has 0 aliphatic rings. The van der Waals surface area contributed by atoms with Crippen LogP contribution in [-0.2, 0) is 0 Å². The molecule has 0 N–H and O–H groups in total. The van der Waals surface area contributed by atoms with Gasteiger partial charge in [0.05, 0.1) is 11.0 Å². The van der Waals surface area contributed by atoms with Crippen LogP contribution in [0.4, 0.5) is 14.5 Å². The van der Waals surface area contributed by atoms with E-state index in [9.17, 15) is 23.7 Å². The molecule has 0 spiro atoms. The highest BCUT2D eigenvalue weighted by atomic mass is 19.3. The van der Waals surface area contributed by atoms with Crippen LogP contribution in [0.25, 0.3) is 0 Å². The van der Waals surface area contributed by atoms with Crippen molar-refractivity contribution in [3.63, 3.8) is 0 Å². The number of hydrogen-bond donors (Lipinski definition) is 0. The number of non-ortho nitro benzene ring substituents is 1. The van der Waals surface area contributed by atoms with Gasteiger partial charge < -0.3 is 4.74 Å². The SMILES string of the molecule is O=Cc1cc(OC(F)F)cc([N+](=O)[O-])c1. The Morgan fingerprint density at radius 3 is 2.53 bits per heavy atom. The summed E-state index contributed by atoms with van der Waals surface area (Å²) in [6.07, 6.45) is 0.311. The van der Waals surface area contributed by atoms with Crippen LogP contribution in [0.1, 0.15) is 10.4 Å². The highest BCUT2D eigenvalue weighted by Crippen LogP contribution is 2.23. The van der Waals surface area contributed by atoms with Crippen molar-refractivity contribution in [2.75, 3.05) is 0 Å². The van der Waals surface area contributed by atoms with E-state index in [1.54, 1.807) is 0 Å². The van der Waals surface area contributed by atoms with Crippen LogP contribution in [0.2, 0.25) is 0 Å². The quantitative estimate of drug-likeness (QED) is 0.439. The topological polar surface area (TPSA) is 69.4 Å². The monoisotopic (exact) mass is 217 g/mol. The molecule has 0 radical (unpaired) electrons. The zero-order chi connectivity index (χ0) is 11.4. The number of benzene rings is 1. The van der Waals surface area contributed by atoms with E-state index in [0.717, 1.165) is 18.2 Å². The molecule has 80 valence electrons. The van der Waals surface area contributed by atoms with Gasteiger partial charge in [0.2, 0.25) is 0 Å². The third kappa shape index (κ3) is 2.97. The number of aldehydes is 1. The Balaban J connectivity index is 3.11. The van der Waals surface area contributed by atoms with E-state index in [-0.39, 0.29) is 5.56 Å². The van der Waals surface area contributed by atoms with E-state index in [4.69, 9.17) is 0 Å². The van der Waals surface area contributed by atoms with E-state index in [1.165, 1.54) is 0 Å². The average molecular weight is 217 g/mol. The fraction of sp³-hybridized carbons (Fsp3) is 0.125. The molecule has 0 atom stereocenters. The largest absolute Gasteiger partial charge is 0.435 e. The van der Waals surface area contributed by atoms with Crippen molar-refractivity contribution in [2.45, 2.75) is 6.61 Å². The molecule has 0 amide bonds. The average Bonchev–Trinajstić information content (AvgIpc) is 2.16. The predicted molar refractivity (Wildman–Crippen MR) is 45.1 cm³/mol. The van der Waals surface area contributed by atoms with Gasteiger partial charge in [-0.3, -0.25) is 14.9 Å². The van der Waals surface area contributed by atoms with Crippen LogP contribution >= 0.6 is 0 Å². The molecule has 5 nitrogen and oxygen atoms in total. The van der Waals surface area contributed by atoms with E-state index in [1.807, 2.05) is 0 Å². The number of halogens is 2. The molecule has 0 heterocycles. The minimum atomic E-state index is -3.09. The van der Waals surface area contributed by atoms with Crippen molar-refractivity contribution >= 4 is 12.0 Å². The van der Waals surface area contributed by atoms with Gasteiger partial charge in [-0.2, -0.15) is 8.78 Å². The van der Waals surface area contributed by atoms with E-state index in [0.29, 0.717) is 6.29 Å². The van der Waals surface area contributed by atoms with Crippen LogP contribution in [-0.4, -0.2) is 17.8 Å². The summed E-state index contributed by atoms with van der Waals surface area (Å²) in [4.78, 5) is 19.9. The molecule has 15 heavy (non-hydrogen) atoms. The minimum Gasteiger partial charge on any atom is -0.435 e. The van der Waals surface area contributed by atoms with Gasteiger partial charge >= 0.3 is 6.61 Å². The lowest BCUT2D eigenvalue weighted by Crippen LogP contribution is -2.03. The first-order valence-corrected chi connectivity index (χ1v) is 3.72. The summed E-state index contributed by atoms with van der Waals surface area (Å²) in [7, 11) is 0.